The molecule has 7 heavy (non-hydrogen) atoms. The van der Waals surface area contributed by atoms with E-state index in [9.17, 15) is 0 Å². The van der Waals surface area contributed by atoms with Gasteiger partial charge < -0.3 is 4.57 Å². The highest BCUT2D eigenvalue weighted by Crippen LogP contribution is 2.00. The average Bonchev–Trinajstić information content (AvgIpc) is 1.87. The normalized spacial score (nSPS) is 9.43. The summed E-state index contributed by atoms with van der Waals surface area (Å²) in [6, 6.07) is 2.01. The van der Waals surface area contributed by atoms with Gasteiger partial charge in [0.2, 0.25) is 0 Å². The summed E-state index contributed by atoms with van der Waals surface area (Å²) in [5, 5.41) is 0. The number of rotatable bonds is 0. The van der Waals surface area contributed by atoms with Gasteiger partial charge in [-0.05, 0) is 28.7 Å². The lowest BCUT2D eigenvalue weighted by Gasteiger charge is -1.78. The molecule has 0 aliphatic rings. The standard InChI is InChI=1S/C5H5IN/c1-7-3-2-5(6)4-7/h2-3H,1H3. The number of hydrogen-bond donors (Lipinski definition) is 0. The van der Waals surface area contributed by atoms with Crippen LogP contribution in [0, 0.1) is 9.77 Å². The van der Waals surface area contributed by atoms with Crippen LogP contribution in [-0.2, 0) is 7.05 Å². The highest BCUT2D eigenvalue weighted by Gasteiger charge is 1.83. The van der Waals surface area contributed by atoms with E-state index in [-0.39, 0.29) is 0 Å². The SMILES string of the molecule is Cn1[c]c(I)cc1. The van der Waals surface area contributed by atoms with Crippen LogP contribution in [0.4, 0.5) is 0 Å². The summed E-state index contributed by atoms with van der Waals surface area (Å²) in [6.07, 6.45) is 5.02. The van der Waals surface area contributed by atoms with Gasteiger partial charge in [0.15, 0.2) is 0 Å². The zero-order valence-corrected chi connectivity index (χ0v) is 6.14. The summed E-state index contributed by atoms with van der Waals surface area (Å²) in [5.74, 6) is 0. The predicted molar refractivity (Wildman–Crippen MR) is 37.0 cm³/mol. The lowest BCUT2D eigenvalue weighted by atomic mass is 10.7. The van der Waals surface area contributed by atoms with Crippen LogP contribution in [0.1, 0.15) is 0 Å². The molecule has 0 spiro atoms. The van der Waals surface area contributed by atoms with E-state index in [0.29, 0.717) is 0 Å². The summed E-state index contributed by atoms with van der Waals surface area (Å²) < 4.78 is 3.07. The van der Waals surface area contributed by atoms with Crippen molar-refractivity contribution in [2.45, 2.75) is 0 Å². The number of nitrogens with zero attached hydrogens (tertiary/aromatic N) is 1. The Labute approximate surface area is 56.5 Å². The maximum atomic E-state index is 3.04. The molecule has 1 rings (SSSR count). The third-order valence-corrected chi connectivity index (χ3v) is 1.33. The summed E-state index contributed by atoms with van der Waals surface area (Å²) in [6.45, 7) is 0. The predicted octanol–water partition coefficient (Wildman–Crippen LogP) is 1.43. The van der Waals surface area contributed by atoms with Crippen LogP contribution < -0.4 is 0 Å². The Hall–Kier alpha value is 0.01000. The van der Waals surface area contributed by atoms with Crippen molar-refractivity contribution in [3.05, 3.63) is 22.0 Å². The van der Waals surface area contributed by atoms with E-state index in [1.807, 2.05) is 23.9 Å². The fourth-order valence-corrected chi connectivity index (χ4v) is 0.962. The molecule has 1 aromatic rings. The molecule has 37 valence electrons. The van der Waals surface area contributed by atoms with Crippen molar-refractivity contribution < 1.29 is 0 Å². The molecule has 0 bridgehead atoms. The minimum atomic E-state index is 1.17. The fourth-order valence-electron chi connectivity index (χ4n) is 0.420. The van der Waals surface area contributed by atoms with Crippen LogP contribution in [0.3, 0.4) is 0 Å². The molecule has 0 saturated carbocycles. The van der Waals surface area contributed by atoms with Crippen molar-refractivity contribution in [3.63, 3.8) is 0 Å². The molecule has 1 nitrogen and oxygen atoms in total. The summed E-state index contributed by atoms with van der Waals surface area (Å²) in [7, 11) is 1.96. The van der Waals surface area contributed by atoms with Gasteiger partial charge in [0.25, 0.3) is 0 Å². The van der Waals surface area contributed by atoms with Crippen molar-refractivity contribution in [3.8, 4) is 0 Å². The molecule has 1 aromatic heterocycles. The molecule has 0 fully saturated rings. The van der Waals surface area contributed by atoms with Crippen LogP contribution in [0.25, 0.3) is 0 Å². The Morgan fingerprint density at radius 3 is 2.71 bits per heavy atom. The Bertz CT molecular complexity index is 140. The van der Waals surface area contributed by atoms with Crippen LogP contribution in [0.2, 0.25) is 0 Å². The maximum Gasteiger partial charge on any atom is 0.0791 e. The van der Waals surface area contributed by atoms with Gasteiger partial charge in [0, 0.05) is 16.8 Å². The number of hydrogen-bond acceptors (Lipinski definition) is 0. The van der Waals surface area contributed by atoms with Gasteiger partial charge in [-0.3, -0.25) is 0 Å². The van der Waals surface area contributed by atoms with Crippen molar-refractivity contribution in [2.24, 2.45) is 7.05 Å². The Kier molecular flexibility index (Phi) is 1.37. The zero-order chi connectivity index (χ0) is 5.28. The first kappa shape index (κ1) is 5.15. The average molecular weight is 206 g/mol. The first-order chi connectivity index (χ1) is 3.29. The van der Waals surface area contributed by atoms with E-state index in [2.05, 4.69) is 28.8 Å². The number of aryl methyl sites for hydroxylation is 1. The van der Waals surface area contributed by atoms with E-state index >= 15 is 0 Å². The first-order valence-electron chi connectivity index (χ1n) is 1.99. The van der Waals surface area contributed by atoms with Gasteiger partial charge >= 0.3 is 0 Å². The smallest absolute Gasteiger partial charge is 0.0791 e. The second kappa shape index (κ2) is 1.86. The van der Waals surface area contributed by atoms with Crippen molar-refractivity contribution in [1.29, 1.82) is 0 Å². The van der Waals surface area contributed by atoms with Crippen molar-refractivity contribution in [2.75, 3.05) is 0 Å². The van der Waals surface area contributed by atoms with Gasteiger partial charge in [0.05, 0.1) is 6.20 Å². The number of halogens is 1. The largest absolute Gasteiger partial charge is 0.348 e. The lowest BCUT2D eigenvalue weighted by molar-refractivity contribution is 0.917. The molecular weight excluding hydrogens is 201 g/mol. The van der Waals surface area contributed by atoms with Gasteiger partial charge in [-0.25, -0.2) is 0 Å². The molecule has 0 aromatic carbocycles. The first-order valence-corrected chi connectivity index (χ1v) is 3.07. The highest BCUT2D eigenvalue weighted by molar-refractivity contribution is 14.1. The maximum absolute atomic E-state index is 3.04. The molecule has 0 aliphatic carbocycles. The lowest BCUT2D eigenvalue weighted by Crippen LogP contribution is -1.77. The summed E-state index contributed by atoms with van der Waals surface area (Å²) in [5.41, 5.74) is 0. The third kappa shape index (κ3) is 1.19. The quantitative estimate of drug-likeness (QED) is 0.566. The van der Waals surface area contributed by atoms with Crippen LogP contribution in [0.15, 0.2) is 12.3 Å². The molecule has 0 atom stereocenters. The molecule has 1 radical (unpaired) electrons. The minimum absolute atomic E-state index is 1.17. The van der Waals surface area contributed by atoms with E-state index in [1.54, 1.807) is 0 Å². The van der Waals surface area contributed by atoms with Gasteiger partial charge in [-0.1, -0.05) is 0 Å². The molecule has 0 amide bonds. The summed E-state index contributed by atoms with van der Waals surface area (Å²) >= 11 is 2.22. The summed E-state index contributed by atoms with van der Waals surface area (Å²) in [4.78, 5) is 0. The molecule has 1 heterocycles. The highest BCUT2D eigenvalue weighted by atomic mass is 127. The number of aromatic nitrogens is 1. The van der Waals surface area contributed by atoms with E-state index in [0.717, 1.165) is 0 Å². The van der Waals surface area contributed by atoms with Crippen LogP contribution >= 0.6 is 22.6 Å². The fraction of sp³-hybridized carbons (Fsp3) is 0.200. The van der Waals surface area contributed by atoms with Gasteiger partial charge in [0.1, 0.15) is 0 Å². The molecule has 2 heteroatoms. The van der Waals surface area contributed by atoms with E-state index in [4.69, 9.17) is 0 Å². The van der Waals surface area contributed by atoms with Crippen molar-refractivity contribution >= 4 is 22.6 Å². The van der Waals surface area contributed by atoms with E-state index in [1.165, 1.54) is 3.57 Å². The Morgan fingerprint density at radius 2 is 2.57 bits per heavy atom. The molecule has 0 N–H and O–H groups in total. The molecule has 0 aliphatic heterocycles. The second-order valence-corrected chi connectivity index (χ2v) is 2.55. The monoisotopic (exact) mass is 206 g/mol. The third-order valence-electron chi connectivity index (χ3n) is 0.728. The van der Waals surface area contributed by atoms with Crippen LogP contribution in [-0.4, -0.2) is 4.57 Å². The van der Waals surface area contributed by atoms with Gasteiger partial charge in [-0.2, -0.15) is 0 Å². The van der Waals surface area contributed by atoms with Crippen molar-refractivity contribution in [1.82, 2.24) is 4.57 Å². The Balaban J connectivity index is 3.04. The second-order valence-electron chi connectivity index (χ2n) is 1.39. The topological polar surface area (TPSA) is 4.93 Å². The zero-order valence-electron chi connectivity index (χ0n) is 3.98. The molecular formula is C5H5IN. The van der Waals surface area contributed by atoms with E-state index < -0.39 is 0 Å². The molecule has 0 unspecified atom stereocenters. The van der Waals surface area contributed by atoms with Crippen LogP contribution in [0.5, 0.6) is 0 Å². The Morgan fingerprint density at radius 1 is 1.86 bits per heavy atom. The molecule has 0 saturated heterocycles. The van der Waals surface area contributed by atoms with Gasteiger partial charge in [-0.15, -0.1) is 0 Å². The minimum Gasteiger partial charge on any atom is -0.348 e.